The predicted molar refractivity (Wildman–Crippen MR) is 71.5 cm³/mol. The van der Waals surface area contributed by atoms with Crippen LogP contribution in [0.3, 0.4) is 0 Å². The highest BCUT2D eigenvalue weighted by Crippen LogP contribution is 2.23. The van der Waals surface area contributed by atoms with Crippen molar-refractivity contribution in [2.45, 2.75) is 32.2 Å². The second-order valence-electron chi connectivity index (χ2n) is 5.10. The molecule has 0 aliphatic carbocycles. The van der Waals surface area contributed by atoms with Crippen LogP contribution in [-0.4, -0.2) is 35.1 Å². The van der Waals surface area contributed by atoms with Gasteiger partial charge in [-0.05, 0) is 37.3 Å². The second kappa shape index (κ2) is 6.01. The maximum atomic E-state index is 11.1. The molecule has 1 fully saturated rings. The van der Waals surface area contributed by atoms with Gasteiger partial charge in [-0.2, -0.15) is 0 Å². The molecule has 3 heteroatoms. The molecule has 1 saturated heterocycles. The van der Waals surface area contributed by atoms with Crippen LogP contribution in [0, 0.1) is 5.92 Å². The summed E-state index contributed by atoms with van der Waals surface area (Å²) in [6.45, 7) is 3.78. The molecule has 0 spiro atoms. The second-order valence-corrected chi connectivity index (χ2v) is 5.10. The summed E-state index contributed by atoms with van der Waals surface area (Å²) in [7, 11) is 0. The smallest absolute Gasteiger partial charge is 0.320 e. The Morgan fingerprint density at radius 1 is 1.44 bits per heavy atom. The number of carbonyl (C=O) groups is 1. The minimum atomic E-state index is -0.683. The van der Waals surface area contributed by atoms with E-state index >= 15 is 0 Å². The summed E-state index contributed by atoms with van der Waals surface area (Å²) in [5.74, 6) is -0.0846. The summed E-state index contributed by atoms with van der Waals surface area (Å²) in [6.07, 6.45) is 2.86. The molecule has 3 nitrogen and oxygen atoms in total. The topological polar surface area (TPSA) is 40.5 Å². The molecular formula is C15H21NO2. The zero-order valence-electron chi connectivity index (χ0n) is 10.9. The van der Waals surface area contributed by atoms with E-state index in [4.69, 9.17) is 5.11 Å². The number of nitrogens with zero attached hydrogens (tertiary/aromatic N) is 1. The van der Waals surface area contributed by atoms with Gasteiger partial charge in [0.15, 0.2) is 0 Å². The molecule has 0 bridgehead atoms. The third-order valence-corrected chi connectivity index (χ3v) is 3.80. The molecule has 98 valence electrons. The number of hydrogen-bond acceptors (Lipinski definition) is 2. The molecule has 1 aromatic rings. The maximum Gasteiger partial charge on any atom is 0.320 e. The van der Waals surface area contributed by atoms with Gasteiger partial charge >= 0.3 is 5.97 Å². The standard InChI is InChI=1S/C15H21NO2/c1-2-14(15(17)18)16-9-8-13(11-16)10-12-6-4-3-5-7-12/h3-7,13-14H,2,8-11H2,1H3,(H,17,18). The first-order valence-electron chi connectivity index (χ1n) is 6.71. The lowest BCUT2D eigenvalue weighted by Gasteiger charge is -2.22. The summed E-state index contributed by atoms with van der Waals surface area (Å²) in [5.41, 5.74) is 1.35. The third kappa shape index (κ3) is 3.10. The van der Waals surface area contributed by atoms with Gasteiger partial charge in [0.2, 0.25) is 0 Å². The van der Waals surface area contributed by atoms with Gasteiger partial charge in [-0.25, -0.2) is 0 Å². The molecule has 0 radical (unpaired) electrons. The van der Waals surface area contributed by atoms with Crippen LogP contribution in [0.5, 0.6) is 0 Å². The quantitative estimate of drug-likeness (QED) is 0.868. The van der Waals surface area contributed by atoms with Crippen molar-refractivity contribution < 1.29 is 9.90 Å². The maximum absolute atomic E-state index is 11.1. The van der Waals surface area contributed by atoms with E-state index in [1.165, 1.54) is 5.56 Å². The molecule has 1 aliphatic heterocycles. The highest BCUT2D eigenvalue weighted by molar-refractivity contribution is 5.73. The predicted octanol–water partition coefficient (Wildman–Crippen LogP) is 2.41. The highest BCUT2D eigenvalue weighted by Gasteiger charge is 2.30. The van der Waals surface area contributed by atoms with Crippen LogP contribution in [0.4, 0.5) is 0 Å². The fourth-order valence-electron chi connectivity index (χ4n) is 2.85. The van der Waals surface area contributed by atoms with Crippen molar-refractivity contribution in [1.29, 1.82) is 0 Å². The molecule has 0 saturated carbocycles. The molecule has 1 N–H and O–H groups in total. The van der Waals surface area contributed by atoms with Crippen LogP contribution in [0.2, 0.25) is 0 Å². The summed E-state index contributed by atoms with van der Waals surface area (Å²) in [4.78, 5) is 13.3. The van der Waals surface area contributed by atoms with E-state index in [1.807, 2.05) is 13.0 Å². The van der Waals surface area contributed by atoms with Crippen molar-refractivity contribution in [2.24, 2.45) is 5.92 Å². The summed E-state index contributed by atoms with van der Waals surface area (Å²) in [5, 5.41) is 9.17. The van der Waals surface area contributed by atoms with Crippen molar-refractivity contribution >= 4 is 5.97 Å². The summed E-state index contributed by atoms with van der Waals surface area (Å²) in [6, 6.07) is 10.2. The minimum Gasteiger partial charge on any atom is -0.480 e. The van der Waals surface area contributed by atoms with Gasteiger partial charge in [0.25, 0.3) is 0 Å². The molecule has 1 heterocycles. The van der Waals surface area contributed by atoms with Crippen molar-refractivity contribution in [3.8, 4) is 0 Å². The number of carboxylic acids is 1. The van der Waals surface area contributed by atoms with E-state index in [0.29, 0.717) is 12.3 Å². The lowest BCUT2D eigenvalue weighted by molar-refractivity contribution is -0.143. The van der Waals surface area contributed by atoms with Gasteiger partial charge in [-0.3, -0.25) is 9.69 Å². The Hall–Kier alpha value is -1.35. The van der Waals surface area contributed by atoms with Crippen LogP contribution in [-0.2, 0) is 11.2 Å². The van der Waals surface area contributed by atoms with Crippen LogP contribution in [0.25, 0.3) is 0 Å². The zero-order chi connectivity index (χ0) is 13.0. The number of aliphatic carboxylic acids is 1. The van der Waals surface area contributed by atoms with Gasteiger partial charge in [0.1, 0.15) is 6.04 Å². The number of benzene rings is 1. The molecule has 2 unspecified atom stereocenters. The number of likely N-dealkylation sites (tertiary alicyclic amines) is 1. The Morgan fingerprint density at radius 3 is 2.78 bits per heavy atom. The van der Waals surface area contributed by atoms with E-state index in [0.717, 1.165) is 25.9 Å². The lowest BCUT2D eigenvalue weighted by atomic mass is 9.99. The van der Waals surface area contributed by atoms with Crippen LogP contribution in [0.15, 0.2) is 30.3 Å². The van der Waals surface area contributed by atoms with Gasteiger partial charge < -0.3 is 5.11 Å². The fraction of sp³-hybridized carbons (Fsp3) is 0.533. The molecule has 2 rings (SSSR count). The minimum absolute atomic E-state index is 0.300. The van der Waals surface area contributed by atoms with E-state index in [1.54, 1.807) is 0 Å². The zero-order valence-corrected chi connectivity index (χ0v) is 10.9. The van der Waals surface area contributed by atoms with Crippen molar-refractivity contribution in [1.82, 2.24) is 4.90 Å². The Labute approximate surface area is 108 Å². The summed E-state index contributed by atoms with van der Waals surface area (Å²) >= 11 is 0. The van der Waals surface area contributed by atoms with Gasteiger partial charge in [0.05, 0.1) is 0 Å². The summed E-state index contributed by atoms with van der Waals surface area (Å²) < 4.78 is 0. The third-order valence-electron chi connectivity index (χ3n) is 3.80. The lowest BCUT2D eigenvalue weighted by Crippen LogP contribution is -2.39. The first-order valence-corrected chi connectivity index (χ1v) is 6.71. The van der Waals surface area contributed by atoms with E-state index < -0.39 is 5.97 Å². The Balaban J connectivity index is 1.90. The van der Waals surface area contributed by atoms with E-state index in [9.17, 15) is 4.79 Å². The molecule has 0 aromatic heterocycles. The van der Waals surface area contributed by atoms with Crippen LogP contribution < -0.4 is 0 Å². The Morgan fingerprint density at radius 2 is 2.17 bits per heavy atom. The number of carboxylic acid groups (broad SMARTS) is 1. The van der Waals surface area contributed by atoms with Crippen molar-refractivity contribution in [3.63, 3.8) is 0 Å². The van der Waals surface area contributed by atoms with Gasteiger partial charge in [-0.1, -0.05) is 37.3 Å². The fourth-order valence-corrected chi connectivity index (χ4v) is 2.85. The Kier molecular flexibility index (Phi) is 4.37. The first kappa shape index (κ1) is 13.1. The van der Waals surface area contributed by atoms with E-state index in [-0.39, 0.29) is 6.04 Å². The first-order chi connectivity index (χ1) is 8.70. The molecule has 18 heavy (non-hydrogen) atoms. The average Bonchev–Trinajstić information content (AvgIpc) is 2.79. The average molecular weight is 247 g/mol. The van der Waals surface area contributed by atoms with Crippen LogP contribution in [0.1, 0.15) is 25.3 Å². The highest BCUT2D eigenvalue weighted by atomic mass is 16.4. The molecular weight excluding hydrogens is 226 g/mol. The molecule has 2 atom stereocenters. The number of hydrogen-bond donors (Lipinski definition) is 1. The van der Waals surface area contributed by atoms with Crippen molar-refractivity contribution in [2.75, 3.05) is 13.1 Å². The largest absolute Gasteiger partial charge is 0.480 e. The van der Waals surface area contributed by atoms with Gasteiger partial charge in [-0.15, -0.1) is 0 Å². The van der Waals surface area contributed by atoms with Gasteiger partial charge in [0, 0.05) is 6.54 Å². The SMILES string of the molecule is CCC(C(=O)O)N1CCC(Cc2ccccc2)C1. The molecule has 0 amide bonds. The van der Waals surface area contributed by atoms with E-state index in [2.05, 4.69) is 29.2 Å². The molecule has 1 aromatic carbocycles. The van der Waals surface area contributed by atoms with Crippen molar-refractivity contribution in [3.05, 3.63) is 35.9 Å². The Bertz CT molecular complexity index is 391. The number of rotatable bonds is 5. The normalized spacial score (nSPS) is 21.9. The molecule has 1 aliphatic rings. The monoisotopic (exact) mass is 247 g/mol. The van der Waals surface area contributed by atoms with Crippen LogP contribution >= 0.6 is 0 Å².